The Hall–Kier alpha value is -1.34. The Kier molecular flexibility index (Phi) is 3.96. The van der Waals surface area contributed by atoms with Crippen LogP contribution in [0, 0.1) is 5.92 Å². The smallest absolute Gasteiger partial charge is 0.289 e. The van der Waals surface area contributed by atoms with E-state index in [1.807, 2.05) is 0 Å². The SMILES string of the molecule is CNS(=O)(=O)c1ccc(C(=O)N2CCC(C)CC2)o1. The Balaban J connectivity index is 2.13. The van der Waals surface area contributed by atoms with Gasteiger partial charge in [0.05, 0.1) is 0 Å². The molecule has 1 amide bonds. The van der Waals surface area contributed by atoms with Crippen LogP contribution in [0.4, 0.5) is 0 Å². The van der Waals surface area contributed by atoms with E-state index in [1.165, 1.54) is 19.2 Å². The lowest BCUT2D eigenvalue weighted by Crippen LogP contribution is -2.37. The average molecular weight is 286 g/mol. The predicted octanol–water partition coefficient (Wildman–Crippen LogP) is 1.06. The number of likely N-dealkylation sites (tertiary alicyclic amines) is 1. The fourth-order valence-electron chi connectivity index (χ4n) is 2.05. The standard InChI is InChI=1S/C12H18N2O4S/c1-9-5-7-14(8-6-9)12(15)10-3-4-11(18-10)19(16,17)13-2/h3-4,9,13H,5-8H2,1-2H3. The molecule has 0 bridgehead atoms. The molecule has 0 radical (unpaired) electrons. The molecule has 0 aliphatic carbocycles. The van der Waals surface area contributed by atoms with Gasteiger partial charge in [-0.15, -0.1) is 0 Å². The van der Waals surface area contributed by atoms with Gasteiger partial charge in [0.1, 0.15) is 0 Å². The highest BCUT2D eigenvalue weighted by atomic mass is 32.2. The first kappa shape index (κ1) is 14.1. The minimum Gasteiger partial charge on any atom is -0.438 e. The van der Waals surface area contributed by atoms with Crippen LogP contribution in [0.3, 0.4) is 0 Å². The van der Waals surface area contributed by atoms with Crippen molar-refractivity contribution in [1.29, 1.82) is 0 Å². The van der Waals surface area contributed by atoms with Gasteiger partial charge in [-0.05, 0) is 37.9 Å². The number of hydrogen-bond acceptors (Lipinski definition) is 4. The van der Waals surface area contributed by atoms with E-state index in [-0.39, 0.29) is 16.8 Å². The number of rotatable bonds is 3. The van der Waals surface area contributed by atoms with Crippen LogP contribution in [-0.2, 0) is 10.0 Å². The Morgan fingerprint density at radius 1 is 1.37 bits per heavy atom. The first-order valence-corrected chi connectivity index (χ1v) is 7.75. The first-order chi connectivity index (χ1) is 8.94. The number of carbonyl (C=O) groups excluding carboxylic acids is 1. The summed E-state index contributed by atoms with van der Waals surface area (Å²) in [6, 6.07) is 2.70. The Bertz CT molecular complexity index is 556. The van der Waals surface area contributed by atoms with Gasteiger partial charge in [-0.2, -0.15) is 0 Å². The summed E-state index contributed by atoms with van der Waals surface area (Å²) < 4.78 is 30.3. The fraction of sp³-hybridized carbons (Fsp3) is 0.583. The normalized spacial score (nSPS) is 17.7. The van der Waals surface area contributed by atoms with Gasteiger partial charge in [0.15, 0.2) is 5.76 Å². The molecule has 0 aromatic carbocycles. The monoisotopic (exact) mass is 286 g/mol. The Morgan fingerprint density at radius 3 is 2.58 bits per heavy atom. The van der Waals surface area contributed by atoms with Gasteiger partial charge in [0.25, 0.3) is 15.9 Å². The topological polar surface area (TPSA) is 79.6 Å². The number of hydrogen-bond donors (Lipinski definition) is 1. The lowest BCUT2D eigenvalue weighted by atomic mass is 9.99. The molecule has 0 unspecified atom stereocenters. The minimum atomic E-state index is -3.64. The van der Waals surface area contributed by atoms with Crippen molar-refractivity contribution in [2.24, 2.45) is 5.92 Å². The predicted molar refractivity (Wildman–Crippen MR) is 69.3 cm³/mol. The lowest BCUT2D eigenvalue weighted by molar-refractivity contribution is 0.0659. The summed E-state index contributed by atoms with van der Waals surface area (Å²) in [5.41, 5.74) is 0. The van der Waals surface area contributed by atoms with E-state index in [1.54, 1.807) is 4.90 Å². The van der Waals surface area contributed by atoms with Gasteiger partial charge in [-0.25, -0.2) is 13.1 Å². The summed E-state index contributed by atoms with van der Waals surface area (Å²) in [5, 5.41) is -0.233. The molecule has 1 aliphatic rings. The number of piperidine rings is 1. The van der Waals surface area contributed by atoms with Crippen molar-refractivity contribution >= 4 is 15.9 Å². The van der Waals surface area contributed by atoms with E-state index < -0.39 is 10.0 Å². The molecule has 1 N–H and O–H groups in total. The zero-order valence-corrected chi connectivity index (χ0v) is 11.9. The van der Waals surface area contributed by atoms with Crippen LogP contribution in [0.5, 0.6) is 0 Å². The third-order valence-electron chi connectivity index (χ3n) is 3.40. The van der Waals surface area contributed by atoms with Crippen molar-refractivity contribution in [1.82, 2.24) is 9.62 Å². The average Bonchev–Trinajstić information content (AvgIpc) is 2.89. The van der Waals surface area contributed by atoms with E-state index in [0.29, 0.717) is 19.0 Å². The molecule has 7 heteroatoms. The van der Waals surface area contributed by atoms with Gasteiger partial charge >= 0.3 is 0 Å². The van der Waals surface area contributed by atoms with Crippen LogP contribution in [0.2, 0.25) is 0 Å². The molecule has 19 heavy (non-hydrogen) atoms. The number of furan rings is 1. The lowest BCUT2D eigenvalue weighted by Gasteiger charge is -2.29. The van der Waals surface area contributed by atoms with Crippen molar-refractivity contribution in [3.63, 3.8) is 0 Å². The second-order valence-electron chi connectivity index (χ2n) is 4.80. The number of sulfonamides is 1. The van der Waals surface area contributed by atoms with Gasteiger partial charge in [-0.3, -0.25) is 4.79 Å². The number of nitrogens with zero attached hydrogens (tertiary/aromatic N) is 1. The van der Waals surface area contributed by atoms with Crippen LogP contribution >= 0.6 is 0 Å². The van der Waals surface area contributed by atoms with Crippen LogP contribution in [0.25, 0.3) is 0 Å². The number of amides is 1. The third kappa shape index (κ3) is 2.98. The van der Waals surface area contributed by atoms with Crippen molar-refractivity contribution in [3.05, 3.63) is 17.9 Å². The largest absolute Gasteiger partial charge is 0.438 e. The maximum absolute atomic E-state index is 12.2. The van der Waals surface area contributed by atoms with Crippen molar-refractivity contribution in [2.45, 2.75) is 24.9 Å². The van der Waals surface area contributed by atoms with Crippen molar-refractivity contribution < 1.29 is 17.6 Å². The van der Waals surface area contributed by atoms with E-state index in [9.17, 15) is 13.2 Å². The molecule has 0 spiro atoms. The molecule has 1 saturated heterocycles. The molecular formula is C12H18N2O4S. The summed E-state index contributed by atoms with van der Waals surface area (Å²) in [5.74, 6) is 0.453. The maximum Gasteiger partial charge on any atom is 0.289 e. The summed E-state index contributed by atoms with van der Waals surface area (Å²) in [7, 11) is -2.34. The zero-order chi connectivity index (χ0) is 14.0. The van der Waals surface area contributed by atoms with Crippen LogP contribution in [0.15, 0.2) is 21.6 Å². The first-order valence-electron chi connectivity index (χ1n) is 6.26. The maximum atomic E-state index is 12.2. The number of nitrogens with one attached hydrogen (secondary N) is 1. The highest BCUT2D eigenvalue weighted by Crippen LogP contribution is 2.20. The second-order valence-corrected chi connectivity index (χ2v) is 6.62. The van der Waals surface area contributed by atoms with E-state index in [0.717, 1.165) is 12.8 Å². The summed E-state index contributed by atoms with van der Waals surface area (Å²) in [6.07, 6.45) is 1.93. The molecule has 1 aromatic heterocycles. The molecular weight excluding hydrogens is 268 g/mol. The zero-order valence-electron chi connectivity index (χ0n) is 11.0. The fourth-order valence-corrected chi connectivity index (χ4v) is 2.70. The van der Waals surface area contributed by atoms with Crippen LogP contribution in [-0.4, -0.2) is 39.4 Å². The quantitative estimate of drug-likeness (QED) is 0.901. The van der Waals surface area contributed by atoms with Crippen molar-refractivity contribution in [2.75, 3.05) is 20.1 Å². The molecule has 0 saturated carbocycles. The summed E-state index contributed by atoms with van der Waals surface area (Å²) in [6.45, 7) is 3.54. The molecule has 1 fully saturated rings. The third-order valence-corrected chi connectivity index (χ3v) is 4.68. The molecule has 1 aliphatic heterocycles. The summed E-state index contributed by atoms with van der Waals surface area (Å²) >= 11 is 0. The molecule has 6 nitrogen and oxygen atoms in total. The highest BCUT2D eigenvalue weighted by molar-refractivity contribution is 7.89. The molecule has 106 valence electrons. The number of carbonyl (C=O) groups is 1. The van der Waals surface area contributed by atoms with E-state index in [4.69, 9.17) is 4.42 Å². The van der Waals surface area contributed by atoms with E-state index >= 15 is 0 Å². The van der Waals surface area contributed by atoms with Crippen LogP contribution in [0.1, 0.15) is 30.3 Å². The van der Waals surface area contributed by atoms with E-state index in [2.05, 4.69) is 11.6 Å². The molecule has 2 rings (SSSR count). The van der Waals surface area contributed by atoms with Crippen molar-refractivity contribution in [3.8, 4) is 0 Å². The molecule has 1 aromatic rings. The van der Waals surface area contributed by atoms with Gasteiger partial charge in [0.2, 0.25) is 5.09 Å². The molecule has 2 heterocycles. The second kappa shape index (κ2) is 5.34. The Labute approximate surface area is 112 Å². The van der Waals surface area contributed by atoms with Gasteiger partial charge in [-0.1, -0.05) is 6.92 Å². The van der Waals surface area contributed by atoms with Crippen LogP contribution < -0.4 is 4.72 Å². The van der Waals surface area contributed by atoms with Gasteiger partial charge in [0, 0.05) is 13.1 Å². The molecule has 0 atom stereocenters. The Morgan fingerprint density at radius 2 is 2.00 bits per heavy atom. The van der Waals surface area contributed by atoms with Gasteiger partial charge < -0.3 is 9.32 Å². The highest BCUT2D eigenvalue weighted by Gasteiger charge is 2.25. The minimum absolute atomic E-state index is 0.0726. The summed E-state index contributed by atoms with van der Waals surface area (Å²) in [4.78, 5) is 13.9.